The van der Waals surface area contributed by atoms with Gasteiger partial charge in [-0.2, -0.15) is 0 Å². The molecule has 0 atom stereocenters. The highest BCUT2D eigenvalue weighted by atomic mass is 16.3. The highest BCUT2D eigenvalue weighted by molar-refractivity contribution is 5.75. The normalized spacial score (nSPS) is 11.3. The Morgan fingerprint density at radius 1 is 0.704 bits per heavy atom. The molecule has 27 heavy (non-hydrogen) atoms. The van der Waals surface area contributed by atoms with Crippen molar-refractivity contribution in [1.29, 1.82) is 0 Å². The van der Waals surface area contributed by atoms with Crippen molar-refractivity contribution in [2.24, 2.45) is 0 Å². The second-order valence-electron chi connectivity index (χ2n) is 7.82. The first-order chi connectivity index (χ1) is 13.3. The molecule has 0 aliphatic heterocycles. The van der Waals surface area contributed by atoms with Gasteiger partial charge in [-0.1, -0.05) is 96.1 Å². The quantitative estimate of drug-likeness (QED) is 0.172. The van der Waals surface area contributed by atoms with Gasteiger partial charge >= 0.3 is 0 Å². The number of nitrogens with one attached hydrogen (secondary N) is 1. The number of hydrogen-bond donors (Lipinski definition) is 2. The molecule has 0 aromatic carbocycles. The van der Waals surface area contributed by atoms with Crippen LogP contribution in [0.2, 0.25) is 0 Å². The number of allylic oxidation sites excluding steroid dienone is 2. The summed E-state index contributed by atoms with van der Waals surface area (Å²) in [6, 6.07) is 0. The summed E-state index contributed by atoms with van der Waals surface area (Å²) in [4.78, 5) is 11.4. The van der Waals surface area contributed by atoms with E-state index in [-0.39, 0.29) is 12.5 Å². The fraction of sp³-hybridized carbons (Fsp3) is 0.875. The van der Waals surface area contributed by atoms with Gasteiger partial charge in [0.15, 0.2) is 0 Å². The molecular weight excluding hydrogens is 334 g/mol. The van der Waals surface area contributed by atoms with Crippen molar-refractivity contribution in [1.82, 2.24) is 5.32 Å². The molecule has 0 spiro atoms. The van der Waals surface area contributed by atoms with Crippen molar-refractivity contribution in [3.8, 4) is 0 Å². The Morgan fingerprint density at radius 3 is 1.63 bits per heavy atom. The Balaban J connectivity index is 3.12. The van der Waals surface area contributed by atoms with Gasteiger partial charge in [-0.15, -0.1) is 0 Å². The largest absolute Gasteiger partial charge is 0.395 e. The second-order valence-corrected chi connectivity index (χ2v) is 7.82. The summed E-state index contributed by atoms with van der Waals surface area (Å²) in [7, 11) is 0. The lowest BCUT2D eigenvalue weighted by atomic mass is 10.1. The molecule has 0 aromatic rings. The van der Waals surface area contributed by atoms with E-state index in [1.165, 1.54) is 96.3 Å². The van der Waals surface area contributed by atoms with Crippen molar-refractivity contribution in [3.05, 3.63) is 12.2 Å². The third-order valence-corrected chi connectivity index (χ3v) is 5.10. The summed E-state index contributed by atoms with van der Waals surface area (Å²) < 4.78 is 0. The minimum absolute atomic E-state index is 0.0290. The average molecular weight is 382 g/mol. The van der Waals surface area contributed by atoms with Crippen LogP contribution in [-0.4, -0.2) is 24.2 Å². The Hall–Kier alpha value is -0.830. The summed E-state index contributed by atoms with van der Waals surface area (Å²) in [5, 5.41) is 11.3. The molecule has 0 heterocycles. The molecule has 0 fully saturated rings. The van der Waals surface area contributed by atoms with Crippen LogP contribution in [0.25, 0.3) is 0 Å². The van der Waals surface area contributed by atoms with Crippen LogP contribution < -0.4 is 5.32 Å². The molecule has 2 N–H and O–H groups in total. The van der Waals surface area contributed by atoms with Gasteiger partial charge in [0.25, 0.3) is 0 Å². The number of aliphatic hydroxyl groups excluding tert-OH is 1. The smallest absolute Gasteiger partial charge is 0.220 e. The predicted octanol–water partition coefficient (Wildman–Crippen LogP) is 6.69. The summed E-state index contributed by atoms with van der Waals surface area (Å²) in [6.45, 7) is 2.69. The maximum atomic E-state index is 11.4. The molecule has 0 saturated carbocycles. The van der Waals surface area contributed by atoms with Gasteiger partial charge in [-0.05, 0) is 32.1 Å². The van der Waals surface area contributed by atoms with E-state index >= 15 is 0 Å². The fourth-order valence-corrected chi connectivity index (χ4v) is 3.35. The molecule has 0 aliphatic rings. The first-order valence-electron chi connectivity index (χ1n) is 11.8. The number of aliphatic hydroxyl groups is 1. The first-order valence-corrected chi connectivity index (χ1v) is 11.8. The van der Waals surface area contributed by atoms with E-state index in [9.17, 15) is 4.79 Å². The standard InChI is InChI=1S/C24H47NO2/c1-2-3-4-5-6-7-8-9-10-11-12-13-14-15-16-17-18-19-20-21-24(27)25-22-23-26/h9-10,26H,2-8,11-23H2,1H3,(H,25,27)/b10-9-. The van der Waals surface area contributed by atoms with Gasteiger partial charge in [0.2, 0.25) is 5.91 Å². The van der Waals surface area contributed by atoms with Gasteiger partial charge < -0.3 is 10.4 Å². The Labute approximate surface area is 169 Å². The summed E-state index contributed by atoms with van der Waals surface area (Å²) in [5.41, 5.74) is 0. The van der Waals surface area contributed by atoms with E-state index in [2.05, 4.69) is 24.4 Å². The minimum Gasteiger partial charge on any atom is -0.395 e. The van der Waals surface area contributed by atoms with E-state index in [1.807, 2.05) is 0 Å². The van der Waals surface area contributed by atoms with Crippen molar-refractivity contribution >= 4 is 5.91 Å². The van der Waals surface area contributed by atoms with Gasteiger partial charge in [0, 0.05) is 13.0 Å². The Bertz CT molecular complexity index is 328. The number of carbonyl (C=O) groups excluding carboxylic acids is 1. The highest BCUT2D eigenvalue weighted by Gasteiger charge is 1.99. The average Bonchev–Trinajstić information content (AvgIpc) is 2.68. The zero-order valence-electron chi connectivity index (χ0n) is 18.2. The van der Waals surface area contributed by atoms with Gasteiger partial charge in [0.1, 0.15) is 0 Å². The topological polar surface area (TPSA) is 49.3 Å². The van der Waals surface area contributed by atoms with Crippen LogP contribution in [0, 0.1) is 0 Å². The molecule has 0 rings (SSSR count). The third kappa shape index (κ3) is 23.1. The van der Waals surface area contributed by atoms with Crippen LogP contribution >= 0.6 is 0 Å². The maximum absolute atomic E-state index is 11.4. The number of hydrogen-bond acceptors (Lipinski definition) is 2. The molecular formula is C24H47NO2. The first kappa shape index (κ1) is 26.2. The van der Waals surface area contributed by atoms with Gasteiger partial charge in [0.05, 0.1) is 6.61 Å². The zero-order chi connectivity index (χ0) is 19.8. The van der Waals surface area contributed by atoms with E-state index in [1.54, 1.807) is 0 Å². The van der Waals surface area contributed by atoms with Gasteiger partial charge in [-0.25, -0.2) is 0 Å². The maximum Gasteiger partial charge on any atom is 0.220 e. The molecule has 3 nitrogen and oxygen atoms in total. The predicted molar refractivity (Wildman–Crippen MR) is 118 cm³/mol. The zero-order valence-corrected chi connectivity index (χ0v) is 18.2. The SMILES string of the molecule is CCCCCCCC/C=C\CCCCCCCCCCCC(=O)NCCO. The summed E-state index contributed by atoms with van der Waals surface area (Å²) in [6.07, 6.45) is 27.7. The van der Waals surface area contributed by atoms with E-state index < -0.39 is 0 Å². The van der Waals surface area contributed by atoms with E-state index in [0.29, 0.717) is 13.0 Å². The van der Waals surface area contributed by atoms with Gasteiger partial charge in [-0.3, -0.25) is 4.79 Å². The molecule has 1 amide bonds. The number of unbranched alkanes of at least 4 members (excludes halogenated alkanes) is 15. The second kappa shape index (κ2) is 23.2. The number of amides is 1. The molecule has 0 aliphatic carbocycles. The Morgan fingerprint density at radius 2 is 1.15 bits per heavy atom. The molecule has 0 bridgehead atoms. The van der Waals surface area contributed by atoms with E-state index in [0.717, 1.165) is 12.8 Å². The summed E-state index contributed by atoms with van der Waals surface area (Å²) in [5.74, 6) is 0.0741. The lowest BCUT2D eigenvalue weighted by Crippen LogP contribution is -2.25. The van der Waals surface area contributed by atoms with Crippen molar-refractivity contribution in [3.63, 3.8) is 0 Å². The third-order valence-electron chi connectivity index (χ3n) is 5.10. The van der Waals surface area contributed by atoms with Crippen molar-refractivity contribution in [2.45, 2.75) is 122 Å². The molecule has 0 aromatic heterocycles. The lowest BCUT2D eigenvalue weighted by molar-refractivity contribution is -0.121. The van der Waals surface area contributed by atoms with Crippen LogP contribution in [0.4, 0.5) is 0 Å². The monoisotopic (exact) mass is 381 g/mol. The van der Waals surface area contributed by atoms with Crippen LogP contribution in [0.15, 0.2) is 12.2 Å². The lowest BCUT2D eigenvalue weighted by Gasteiger charge is -2.03. The van der Waals surface area contributed by atoms with Crippen molar-refractivity contribution in [2.75, 3.05) is 13.2 Å². The fourth-order valence-electron chi connectivity index (χ4n) is 3.35. The number of rotatable bonds is 21. The van der Waals surface area contributed by atoms with Crippen LogP contribution in [0.5, 0.6) is 0 Å². The molecule has 0 radical (unpaired) electrons. The van der Waals surface area contributed by atoms with E-state index in [4.69, 9.17) is 5.11 Å². The van der Waals surface area contributed by atoms with Crippen LogP contribution in [0.1, 0.15) is 122 Å². The molecule has 0 saturated heterocycles. The van der Waals surface area contributed by atoms with Crippen LogP contribution in [0.3, 0.4) is 0 Å². The molecule has 0 unspecified atom stereocenters. The summed E-state index contributed by atoms with van der Waals surface area (Å²) >= 11 is 0. The van der Waals surface area contributed by atoms with Crippen LogP contribution in [-0.2, 0) is 4.79 Å². The van der Waals surface area contributed by atoms with Crippen molar-refractivity contribution < 1.29 is 9.90 Å². The molecule has 3 heteroatoms. The molecule has 160 valence electrons. The number of carbonyl (C=O) groups is 1. The Kier molecular flexibility index (Phi) is 22.5. The minimum atomic E-state index is 0.0290. The highest BCUT2D eigenvalue weighted by Crippen LogP contribution is 2.12.